The van der Waals surface area contributed by atoms with E-state index in [9.17, 15) is 4.79 Å². The van der Waals surface area contributed by atoms with E-state index in [0.717, 1.165) is 36.4 Å². The highest BCUT2D eigenvalue weighted by Crippen LogP contribution is 2.27. The number of hydrogen-bond acceptors (Lipinski definition) is 3. The lowest BCUT2D eigenvalue weighted by Crippen LogP contribution is -2.13. The van der Waals surface area contributed by atoms with Crippen LogP contribution in [0, 0.1) is 0 Å². The summed E-state index contributed by atoms with van der Waals surface area (Å²) in [5.41, 5.74) is 7.35. The molecule has 1 amide bonds. The van der Waals surface area contributed by atoms with Crippen molar-refractivity contribution < 1.29 is 9.53 Å². The molecule has 3 N–H and O–H groups in total. The Morgan fingerprint density at radius 1 is 1.47 bits per heavy atom. The van der Waals surface area contributed by atoms with E-state index < -0.39 is 0 Å². The van der Waals surface area contributed by atoms with Gasteiger partial charge in [-0.25, -0.2) is 0 Å². The van der Waals surface area contributed by atoms with E-state index in [4.69, 9.17) is 10.5 Å². The summed E-state index contributed by atoms with van der Waals surface area (Å²) in [7, 11) is 0. The summed E-state index contributed by atoms with van der Waals surface area (Å²) in [4.78, 5) is 11.5. The van der Waals surface area contributed by atoms with Gasteiger partial charge >= 0.3 is 0 Å². The quantitative estimate of drug-likeness (QED) is 0.862. The number of fused-ring (bicyclic) bond motifs is 1. The Balaban J connectivity index is 0.00000144. The van der Waals surface area contributed by atoms with Gasteiger partial charge in [0.05, 0.1) is 6.61 Å². The van der Waals surface area contributed by atoms with Crippen molar-refractivity contribution >= 4 is 24.0 Å². The van der Waals surface area contributed by atoms with Crippen LogP contribution < -0.4 is 15.8 Å². The van der Waals surface area contributed by atoms with Gasteiger partial charge in [0.15, 0.2) is 0 Å². The van der Waals surface area contributed by atoms with Crippen molar-refractivity contribution in [2.75, 3.05) is 18.5 Å². The fraction of sp³-hybridized carbons (Fsp3) is 0.417. The molecule has 1 aromatic rings. The van der Waals surface area contributed by atoms with Gasteiger partial charge in [0, 0.05) is 18.5 Å². The molecule has 0 radical (unpaired) electrons. The standard InChI is InChI=1S/C12H16N2O2.ClH/c13-6-1-2-12(15)14-10-3-4-11-9(8-10)5-7-16-11;/h3-4,8H,1-2,5-7,13H2,(H,14,15);1H. The maximum absolute atomic E-state index is 11.5. The minimum Gasteiger partial charge on any atom is -0.493 e. The van der Waals surface area contributed by atoms with E-state index in [0.29, 0.717) is 13.0 Å². The van der Waals surface area contributed by atoms with Gasteiger partial charge in [-0.3, -0.25) is 4.79 Å². The lowest BCUT2D eigenvalue weighted by atomic mass is 10.1. The van der Waals surface area contributed by atoms with Gasteiger partial charge < -0.3 is 15.8 Å². The van der Waals surface area contributed by atoms with E-state index in [1.54, 1.807) is 0 Å². The monoisotopic (exact) mass is 256 g/mol. The first-order valence-electron chi connectivity index (χ1n) is 5.55. The van der Waals surface area contributed by atoms with Crippen LogP contribution in [0.5, 0.6) is 5.75 Å². The summed E-state index contributed by atoms with van der Waals surface area (Å²) in [6, 6.07) is 5.74. The molecule has 0 aromatic heterocycles. The highest BCUT2D eigenvalue weighted by Gasteiger charge is 2.12. The molecule has 1 aliphatic heterocycles. The van der Waals surface area contributed by atoms with Gasteiger partial charge in [-0.1, -0.05) is 0 Å². The fourth-order valence-corrected chi connectivity index (χ4v) is 1.75. The Morgan fingerprint density at radius 2 is 2.29 bits per heavy atom. The Bertz CT molecular complexity index is 396. The van der Waals surface area contributed by atoms with Crippen molar-refractivity contribution in [2.24, 2.45) is 5.73 Å². The van der Waals surface area contributed by atoms with Crippen LogP contribution in [0.15, 0.2) is 18.2 Å². The van der Waals surface area contributed by atoms with Crippen molar-refractivity contribution in [2.45, 2.75) is 19.3 Å². The zero-order valence-electron chi connectivity index (χ0n) is 9.57. The number of benzene rings is 1. The zero-order valence-corrected chi connectivity index (χ0v) is 10.4. The minimum atomic E-state index is 0. The third-order valence-corrected chi connectivity index (χ3v) is 2.58. The Kier molecular flexibility index (Phi) is 5.25. The van der Waals surface area contributed by atoms with Crippen LogP contribution in [-0.4, -0.2) is 19.1 Å². The summed E-state index contributed by atoms with van der Waals surface area (Å²) in [6.45, 7) is 1.28. The number of hydrogen-bond donors (Lipinski definition) is 2. The molecule has 0 bridgehead atoms. The second kappa shape index (κ2) is 6.47. The predicted molar refractivity (Wildman–Crippen MR) is 69.8 cm³/mol. The molecule has 1 aromatic carbocycles. The minimum absolute atomic E-state index is 0. The van der Waals surface area contributed by atoms with Crippen molar-refractivity contribution in [3.8, 4) is 5.75 Å². The molecule has 5 heteroatoms. The highest BCUT2D eigenvalue weighted by molar-refractivity contribution is 5.90. The number of rotatable bonds is 4. The lowest BCUT2D eigenvalue weighted by Gasteiger charge is -2.06. The van der Waals surface area contributed by atoms with Gasteiger partial charge in [-0.2, -0.15) is 0 Å². The number of nitrogens with one attached hydrogen (secondary N) is 1. The Labute approximate surface area is 107 Å². The molecule has 1 aliphatic rings. The average Bonchev–Trinajstić information content (AvgIpc) is 2.73. The van der Waals surface area contributed by atoms with E-state index in [2.05, 4.69) is 5.32 Å². The number of halogens is 1. The average molecular weight is 257 g/mol. The summed E-state index contributed by atoms with van der Waals surface area (Å²) >= 11 is 0. The van der Waals surface area contributed by atoms with Crippen LogP contribution in [-0.2, 0) is 11.2 Å². The molecular formula is C12H17ClN2O2. The second-order valence-electron chi connectivity index (χ2n) is 3.86. The van der Waals surface area contributed by atoms with Crippen LogP contribution in [0.4, 0.5) is 5.69 Å². The summed E-state index contributed by atoms with van der Waals surface area (Å²) in [6.07, 6.45) is 2.12. The van der Waals surface area contributed by atoms with Crippen molar-refractivity contribution in [3.05, 3.63) is 23.8 Å². The number of anilines is 1. The molecule has 0 aliphatic carbocycles. The fourth-order valence-electron chi connectivity index (χ4n) is 1.75. The second-order valence-corrected chi connectivity index (χ2v) is 3.86. The molecule has 17 heavy (non-hydrogen) atoms. The SMILES string of the molecule is Cl.NCCCC(=O)Nc1ccc2c(c1)CCO2. The van der Waals surface area contributed by atoms with Crippen LogP contribution in [0.3, 0.4) is 0 Å². The summed E-state index contributed by atoms with van der Waals surface area (Å²) in [5, 5.41) is 2.86. The van der Waals surface area contributed by atoms with Gasteiger partial charge in [0.25, 0.3) is 0 Å². The topological polar surface area (TPSA) is 64.4 Å². The number of ether oxygens (including phenoxy) is 1. The molecule has 94 valence electrons. The van der Waals surface area contributed by atoms with E-state index in [-0.39, 0.29) is 18.3 Å². The highest BCUT2D eigenvalue weighted by atomic mass is 35.5. The van der Waals surface area contributed by atoms with Crippen LogP contribution in [0.1, 0.15) is 18.4 Å². The number of carbonyl (C=O) groups is 1. The predicted octanol–water partition coefficient (Wildman–Crippen LogP) is 1.72. The number of amides is 1. The Morgan fingerprint density at radius 3 is 3.06 bits per heavy atom. The molecular weight excluding hydrogens is 240 g/mol. The number of carbonyl (C=O) groups excluding carboxylic acids is 1. The molecule has 1 heterocycles. The van der Waals surface area contributed by atoms with Gasteiger partial charge in [0.2, 0.25) is 5.91 Å². The molecule has 2 rings (SSSR count). The summed E-state index contributed by atoms with van der Waals surface area (Å²) in [5.74, 6) is 0.948. The first-order chi connectivity index (χ1) is 7.79. The van der Waals surface area contributed by atoms with Crippen molar-refractivity contribution in [1.82, 2.24) is 0 Å². The van der Waals surface area contributed by atoms with Gasteiger partial charge in [-0.05, 0) is 36.7 Å². The van der Waals surface area contributed by atoms with Crippen LogP contribution in [0.2, 0.25) is 0 Å². The van der Waals surface area contributed by atoms with Crippen LogP contribution in [0.25, 0.3) is 0 Å². The van der Waals surface area contributed by atoms with E-state index in [1.165, 1.54) is 0 Å². The lowest BCUT2D eigenvalue weighted by molar-refractivity contribution is -0.116. The van der Waals surface area contributed by atoms with Crippen LogP contribution >= 0.6 is 12.4 Å². The largest absolute Gasteiger partial charge is 0.493 e. The third kappa shape index (κ3) is 3.61. The smallest absolute Gasteiger partial charge is 0.224 e. The number of nitrogens with two attached hydrogens (primary N) is 1. The zero-order chi connectivity index (χ0) is 11.4. The maximum atomic E-state index is 11.5. The molecule has 0 fully saturated rings. The van der Waals surface area contributed by atoms with Gasteiger partial charge in [-0.15, -0.1) is 12.4 Å². The molecule has 0 atom stereocenters. The summed E-state index contributed by atoms with van der Waals surface area (Å²) < 4.78 is 5.39. The van der Waals surface area contributed by atoms with E-state index in [1.807, 2.05) is 18.2 Å². The molecule has 0 saturated carbocycles. The van der Waals surface area contributed by atoms with E-state index >= 15 is 0 Å². The maximum Gasteiger partial charge on any atom is 0.224 e. The normalized spacial score (nSPS) is 12.3. The third-order valence-electron chi connectivity index (χ3n) is 2.58. The first-order valence-corrected chi connectivity index (χ1v) is 5.55. The first kappa shape index (κ1) is 13.8. The molecule has 4 nitrogen and oxygen atoms in total. The van der Waals surface area contributed by atoms with Crippen molar-refractivity contribution in [1.29, 1.82) is 0 Å². The molecule has 0 unspecified atom stereocenters. The Hall–Kier alpha value is -1.26. The van der Waals surface area contributed by atoms with Crippen molar-refractivity contribution in [3.63, 3.8) is 0 Å². The molecule has 0 spiro atoms. The molecule has 0 saturated heterocycles. The van der Waals surface area contributed by atoms with Gasteiger partial charge in [0.1, 0.15) is 5.75 Å².